The van der Waals surface area contributed by atoms with Gasteiger partial charge in [0.05, 0.1) is 5.56 Å². The average Bonchev–Trinajstić information content (AvgIpc) is 3.31. The van der Waals surface area contributed by atoms with Crippen LogP contribution in [0.4, 0.5) is 13.2 Å². The monoisotopic (exact) mass is 551 g/mol. The van der Waals surface area contributed by atoms with Gasteiger partial charge in [-0.1, -0.05) is 72.8 Å². The lowest BCUT2D eigenvalue weighted by Gasteiger charge is -2.26. The molecular formula is C30H28F3N3O4. The third-order valence-electron chi connectivity index (χ3n) is 6.70. The number of likely N-dealkylation sites (tertiary alicyclic amines) is 1. The van der Waals surface area contributed by atoms with Crippen LogP contribution in [0.1, 0.15) is 35.1 Å². The number of nitrogens with zero attached hydrogens (tertiary/aromatic N) is 1. The highest BCUT2D eigenvalue weighted by atomic mass is 19.4. The molecule has 208 valence electrons. The molecule has 1 aliphatic rings. The van der Waals surface area contributed by atoms with Crippen LogP contribution in [0.25, 0.3) is 0 Å². The highest BCUT2D eigenvalue weighted by Crippen LogP contribution is 2.29. The Morgan fingerprint density at radius 1 is 0.850 bits per heavy atom. The fourth-order valence-corrected chi connectivity index (χ4v) is 4.55. The van der Waals surface area contributed by atoms with Crippen LogP contribution in [0, 0.1) is 0 Å². The van der Waals surface area contributed by atoms with Crippen LogP contribution in [-0.2, 0) is 44.9 Å². The molecule has 0 aromatic heterocycles. The van der Waals surface area contributed by atoms with E-state index in [0.29, 0.717) is 11.1 Å². The molecule has 0 saturated carbocycles. The predicted octanol–water partition coefficient (Wildman–Crippen LogP) is 3.81. The zero-order valence-corrected chi connectivity index (χ0v) is 21.5. The largest absolute Gasteiger partial charge is 0.416 e. The molecule has 40 heavy (non-hydrogen) atoms. The van der Waals surface area contributed by atoms with Crippen LogP contribution in [0.2, 0.25) is 0 Å². The summed E-state index contributed by atoms with van der Waals surface area (Å²) >= 11 is 0. The van der Waals surface area contributed by atoms with E-state index in [1.54, 1.807) is 30.3 Å². The van der Waals surface area contributed by atoms with Crippen molar-refractivity contribution in [1.29, 1.82) is 0 Å². The van der Waals surface area contributed by atoms with Crippen LogP contribution in [0.15, 0.2) is 84.9 Å². The van der Waals surface area contributed by atoms with Gasteiger partial charge in [0.1, 0.15) is 12.1 Å². The molecule has 0 bridgehead atoms. The minimum Gasteiger partial charge on any atom is -0.345 e. The Bertz CT molecular complexity index is 1350. The Morgan fingerprint density at radius 3 is 2.05 bits per heavy atom. The summed E-state index contributed by atoms with van der Waals surface area (Å²) in [5, 5.41) is 5.11. The molecule has 1 aliphatic heterocycles. The Kier molecular flexibility index (Phi) is 8.98. The SMILES string of the molecule is O=C(NCc1ccc(C(F)(F)F)cc1)C(=O)C(Cc1ccccc1)NC(=O)[C@H]1CCC(=O)N1Cc1ccccc1. The Morgan fingerprint density at radius 2 is 1.45 bits per heavy atom. The Hall–Kier alpha value is -4.47. The average molecular weight is 552 g/mol. The number of carbonyl (C=O) groups excluding carboxylic acids is 4. The van der Waals surface area contributed by atoms with Gasteiger partial charge in [0, 0.05) is 25.9 Å². The molecule has 1 saturated heterocycles. The summed E-state index contributed by atoms with van der Waals surface area (Å²) in [6, 6.07) is 20.3. The van der Waals surface area contributed by atoms with Crippen LogP contribution >= 0.6 is 0 Å². The van der Waals surface area contributed by atoms with E-state index in [1.165, 1.54) is 17.0 Å². The standard InChI is InChI=1S/C30H28F3N3O4/c31-30(32,33)23-13-11-21(12-14-23)18-34-29(40)27(38)24(17-20-7-3-1-4-8-20)35-28(39)25-15-16-26(37)36(25)19-22-9-5-2-6-10-22/h1-14,24-25H,15-19H2,(H,34,40)(H,35,39)/t24?,25-/m1/s1. The van der Waals surface area contributed by atoms with Gasteiger partial charge in [0.15, 0.2) is 0 Å². The molecule has 0 radical (unpaired) electrons. The predicted molar refractivity (Wildman–Crippen MR) is 140 cm³/mol. The fraction of sp³-hybridized carbons (Fsp3) is 0.267. The lowest BCUT2D eigenvalue weighted by Crippen LogP contribution is -2.53. The maximum absolute atomic E-state index is 13.3. The first-order chi connectivity index (χ1) is 19.1. The second-order valence-electron chi connectivity index (χ2n) is 9.55. The number of halogens is 3. The molecule has 1 unspecified atom stereocenters. The highest BCUT2D eigenvalue weighted by Gasteiger charge is 2.38. The first-order valence-electron chi connectivity index (χ1n) is 12.8. The van der Waals surface area contributed by atoms with Crippen molar-refractivity contribution in [2.24, 2.45) is 0 Å². The quantitative estimate of drug-likeness (QED) is 0.375. The zero-order valence-electron chi connectivity index (χ0n) is 21.5. The number of amides is 3. The smallest absolute Gasteiger partial charge is 0.345 e. The van der Waals surface area contributed by atoms with E-state index in [9.17, 15) is 32.3 Å². The van der Waals surface area contributed by atoms with E-state index in [-0.39, 0.29) is 38.3 Å². The third-order valence-corrected chi connectivity index (χ3v) is 6.70. The van der Waals surface area contributed by atoms with Gasteiger partial charge in [0.2, 0.25) is 17.6 Å². The van der Waals surface area contributed by atoms with Gasteiger partial charge in [-0.05, 0) is 35.2 Å². The van der Waals surface area contributed by atoms with Crippen molar-refractivity contribution in [3.05, 3.63) is 107 Å². The van der Waals surface area contributed by atoms with Crippen molar-refractivity contribution in [2.75, 3.05) is 0 Å². The van der Waals surface area contributed by atoms with Crippen molar-refractivity contribution in [2.45, 2.75) is 50.6 Å². The van der Waals surface area contributed by atoms with Crippen LogP contribution in [-0.4, -0.2) is 40.5 Å². The van der Waals surface area contributed by atoms with E-state index in [4.69, 9.17) is 0 Å². The second-order valence-corrected chi connectivity index (χ2v) is 9.55. The normalized spacial score (nSPS) is 15.9. The molecule has 7 nitrogen and oxygen atoms in total. The molecule has 2 N–H and O–H groups in total. The second kappa shape index (κ2) is 12.6. The van der Waals surface area contributed by atoms with Crippen LogP contribution < -0.4 is 10.6 Å². The number of Topliss-reactive ketones (excluding diaryl/α,β-unsaturated/α-hetero) is 1. The third kappa shape index (κ3) is 7.34. The van der Waals surface area contributed by atoms with E-state index >= 15 is 0 Å². The maximum atomic E-state index is 13.3. The molecule has 4 rings (SSSR count). The Labute approximate surface area is 229 Å². The molecule has 0 aliphatic carbocycles. The van der Waals surface area contributed by atoms with Crippen molar-refractivity contribution in [3.63, 3.8) is 0 Å². The minimum absolute atomic E-state index is 0.0401. The molecule has 3 aromatic carbocycles. The number of rotatable bonds is 10. The van der Waals surface area contributed by atoms with Crippen LogP contribution in [0.3, 0.4) is 0 Å². The molecular weight excluding hydrogens is 523 g/mol. The molecule has 2 atom stereocenters. The van der Waals surface area contributed by atoms with E-state index < -0.39 is 41.4 Å². The maximum Gasteiger partial charge on any atom is 0.416 e. The number of carbonyl (C=O) groups is 4. The highest BCUT2D eigenvalue weighted by molar-refractivity contribution is 6.38. The number of benzene rings is 3. The summed E-state index contributed by atoms with van der Waals surface area (Å²) in [4.78, 5) is 53.3. The first kappa shape index (κ1) is 28.5. The van der Waals surface area contributed by atoms with Gasteiger partial charge >= 0.3 is 6.18 Å². The van der Waals surface area contributed by atoms with E-state index in [2.05, 4.69) is 10.6 Å². The van der Waals surface area contributed by atoms with Gasteiger partial charge < -0.3 is 15.5 Å². The fourth-order valence-electron chi connectivity index (χ4n) is 4.55. The molecule has 10 heteroatoms. The first-order valence-corrected chi connectivity index (χ1v) is 12.8. The van der Waals surface area contributed by atoms with Gasteiger partial charge in [-0.3, -0.25) is 19.2 Å². The topological polar surface area (TPSA) is 95.6 Å². The van der Waals surface area contributed by atoms with Crippen molar-refractivity contribution in [1.82, 2.24) is 15.5 Å². The summed E-state index contributed by atoms with van der Waals surface area (Å²) in [5.74, 6) is -2.59. The summed E-state index contributed by atoms with van der Waals surface area (Å²) in [5.41, 5.74) is 1.12. The molecule has 3 amide bonds. The number of hydrogen-bond donors (Lipinski definition) is 2. The van der Waals surface area contributed by atoms with Gasteiger partial charge in [-0.15, -0.1) is 0 Å². The summed E-state index contributed by atoms with van der Waals surface area (Å²) in [6.07, 6.45) is -3.97. The van der Waals surface area contributed by atoms with Crippen LogP contribution in [0.5, 0.6) is 0 Å². The van der Waals surface area contributed by atoms with Gasteiger partial charge in [-0.25, -0.2) is 0 Å². The molecule has 1 heterocycles. The van der Waals surface area contributed by atoms with Gasteiger partial charge in [0.25, 0.3) is 5.91 Å². The van der Waals surface area contributed by atoms with E-state index in [0.717, 1.165) is 17.7 Å². The summed E-state index contributed by atoms with van der Waals surface area (Å²) < 4.78 is 38.4. The van der Waals surface area contributed by atoms with Crippen molar-refractivity contribution >= 4 is 23.5 Å². The number of nitrogens with one attached hydrogen (secondary N) is 2. The van der Waals surface area contributed by atoms with Gasteiger partial charge in [-0.2, -0.15) is 13.2 Å². The number of hydrogen-bond acceptors (Lipinski definition) is 4. The number of ketones is 1. The Balaban J connectivity index is 1.45. The minimum atomic E-state index is -4.48. The molecule has 0 spiro atoms. The van der Waals surface area contributed by atoms with Crippen molar-refractivity contribution < 1.29 is 32.3 Å². The molecule has 1 fully saturated rings. The molecule has 3 aromatic rings. The summed E-state index contributed by atoms with van der Waals surface area (Å²) in [6.45, 7) is 0.0688. The van der Waals surface area contributed by atoms with E-state index in [1.807, 2.05) is 30.3 Å². The zero-order chi connectivity index (χ0) is 28.7. The summed E-state index contributed by atoms with van der Waals surface area (Å²) in [7, 11) is 0. The number of alkyl halides is 3. The van der Waals surface area contributed by atoms with Crippen molar-refractivity contribution in [3.8, 4) is 0 Å². The lowest BCUT2D eigenvalue weighted by atomic mass is 10.0. The lowest BCUT2D eigenvalue weighted by molar-refractivity contribution is -0.141.